The van der Waals surface area contributed by atoms with Crippen LogP contribution < -0.4 is 5.32 Å². The number of amides is 2. The minimum Gasteiger partial charge on any atom is -0.363 e. The average Bonchev–Trinajstić information content (AvgIpc) is 3.24. The van der Waals surface area contributed by atoms with Crippen molar-refractivity contribution in [3.05, 3.63) is 24.2 Å². The molecule has 1 atom stereocenters. The van der Waals surface area contributed by atoms with Gasteiger partial charge in [-0.05, 0) is 12.8 Å². The Kier molecular flexibility index (Phi) is 5.74. The maximum atomic E-state index is 14.6. The largest absolute Gasteiger partial charge is 0.363 e. The first-order valence-electron chi connectivity index (χ1n) is 8.02. The number of likely N-dealkylation sites (tertiary alicyclic amines) is 1. The fourth-order valence-electron chi connectivity index (χ4n) is 2.77. The van der Waals surface area contributed by atoms with E-state index in [9.17, 15) is 18.0 Å². The third-order valence-electron chi connectivity index (χ3n) is 4.14. The molecule has 2 amide bonds. The number of anilines is 1. The molecule has 1 aliphatic heterocycles. The highest BCUT2D eigenvalue weighted by atomic mass is 32.2. The zero-order valence-electron chi connectivity index (χ0n) is 13.9. The molecule has 0 aromatic carbocycles. The van der Waals surface area contributed by atoms with Crippen molar-refractivity contribution in [2.45, 2.75) is 29.7 Å². The topological polar surface area (TPSA) is 76.2 Å². The van der Waals surface area contributed by atoms with Crippen LogP contribution in [-0.2, 0) is 7.05 Å². The Morgan fingerprint density at radius 2 is 2.12 bits per heavy atom. The first-order valence-corrected chi connectivity index (χ1v) is 8.90. The maximum absolute atomic E-state index is 14.6. The second kappa shape index (κ2) is 8.02. The van der Waals surface area contributed by atoms with Gasteiger partial charge in [0.2, 0.25) is 0 Å². The van der Waals surface area contributed by atoms with Gasteiger partial charge in [0, 0.05) is 38.3 Å². The molecule has 26 heavy (non-hydrogen) atoms. The lowest BCUT2D eigenvalue weighted by Crippen LogP contribution is -2.42. The Labute approximate surface area is 151 Å². The summed E-state index contributed by atoms with van der Waals surface area (Å²) >= 11 is 0.768. The highest BCUT2D eigenvalue weighted by Gasteiger charge is 2.31. The molecular formula is C15H18F3N5O2S. The van der Waals surface area contributed by atoms with Gasteiger partial charge in [-0.3, -0.25) is 10.00 Å². The normalized spacial score (nSPS) is 16.9. The maximum Gasteiger partial charge on any atom is 0.323 e. The number of hydrogen-bond acceptors (Lipinski definition) is 5. The van der Waals surface area contributed by atoms with E-state index in [4.69, 9.17) is 0 Å². The average molecular weight is 389 g/mol. The molecular weight excluding hydrogens is 371 g/mol. The molecule has 0 saturated carbocycles. The number of thioether (sulfide) groups is 1. The summed E-state index contributed by atoms with van der Waals surface area (Å²) in [5.74, 6) is -0.00557. The van der Waals surface area contributed by atoms with Crippen LogP contribution in [0.25, 0.3) is 0 Å². The van der Waals surface area contributed by atoms with E-state index in [1.54, 1.807) is 4.90 Å². The van der Waals surface area contributed by atoms with Gasteiger partial charge in [0.05, 0.1) is 4.90 Å². The molecule has 1 unspecified atom stereocenters. The molecule has 1 N–H and O–H groups in total. The van der Waals surface area contributed by atoms with E-state index in [1.807, 2.05) is 0 Å². The molecule has 1 aliphatic rings. The van der Waals surface area contributed by atoms with Gasteiger partial charge in [-0.25, -0.2) is 18.0 Å². The molecule has 2 aromatic rings. The van der Waals surface area contributed by atoms with Crippen LogP contribution in [0.3, 0.4) is 0 Å². The van der Waals surface area contributed by atoms with Gasteiger partial charge < -0.3 is 9.42 Å². The summed E-state index contributed by atoms with van der Waals surface area (Å²) < 4.78 is 46.4. The lowest BCUT2D eigenvalue weighted by atomic mass is 9.98. The van der Waals surface area contributed by atoms with Crippen molar-refractivity contribution in [1.82, 2.24) is 19.8 Å². The summed E-state index contributed by atoms with van der Waals surface area (Å²) in [6, 6.07) is 1.19. The van der Waals surface area contributed by atoms with Crippen LogP contribution >= 0.6 is 11.8 Å². The molecule has 11 heteroatoms. The summed E-state index contributed by atoms with van der Waals surface area (Å²) in [6.07, 6.45) is 0.904. The lowest BCUT2D eigenvalue weighted by molar-refractivity contribution is 0.142. The molecule has 7 nitrogen and oxygen atoms in total. The van der Waals surface area contributed by atoms with Crippen molar-refractivity contribution in [1.29, 1.82) is 0 Å². The zero-order valence-corrected chi connectivity index (χ0v) is 14.8. The number of carbonyl (C=O) groups excluding carboxylic acids is 1. The smallest absolute Gasteiger partial charge is 0.323 e. The first kappa shape index (κ1) is 18.6. The molecule has 3 heterocycles. The summed E-state index contributed by atoms with van der Waals surface area (Å²) in [5.41, 5.74) is -1.73. The van der Waals surface area contributed by atoms with E-state index in [-0.39, 0.29) is 16.8 Å². The number of aromatic nitrogens is 3. The van der Waals surface area contributed by atoms with Crippen LogP contribution in [0.1, 0.15) is 25.0 Å². The molecule has 142 valence electrons. The van der Waals surface area contributed by atoms with Crippen LogP contribution in [0, 0.1) is 5.92 Å². The van der Waals surface area contributed by atoms with E-state index >= 15 is 0 Å². The monoisotopic (exact) mass is 389 g/mol. The number of aryl methyl sites for hydroxylation is 1. The van der Waals surface area contributed by atoms with Gasteiger partial charge in [0.15, 0.2) is 11.3 Å². The van der Waals surface area contributed by atoms with Gasteiger partial charge in [-0.1, -0.05) is 16.9 Å². The molecule has 2 aromatic heterocycles. The fraction of sp³-hybridized carbons (Fsp3) is 0.533. The van der Waals surface area contributed by atoms with E-state index in [0.717, 1.165) is 11.8 Å². The Bertz CT molecular complexity index is 732. The van der Waals surface area contributed by atoms with E-state index in [1.165, 1.54) is 30.3 Å². The number of piperidine rings is 1. The predicted molar refractivity (Wildman–Crippen MR) is 88.7 cm³/mol. The van der Waals surface area contributed by atoms with Crippen molar-refractivity contribution in [3.8, 4) is 0 Å². The highest BCUT2D eigenvalue weighted by molar-refractivity contribution is 7.99. The van der Waals surface area contributed by atoms with Crippen LogP contribution in [-0.4, -0.2) is 44.5 Å². The quantitative estimate of drug-likeness (QED) is 0.790. The minimum absolute atomic E-state index is 0.154. The number of nitrogens with one attached hydrogen (secondary N) is 1. The molecule has 0 bridgehead atoms. The van der Waals surface area contributed by atoms with Crippen LogP contribution in [0.5, 0.6) is 0 Å². The SMILES string of the molecule is Cn1cc(SC(F)C2CCN(C(=O)Nc3ccon3)CC2)c(C(F)F)n1. The van der Waals surface area contributed by atoms with Gasteiger partial charge >= 0.3 is 6.03 Å². The number of alkyl halides is 3. The lowest BCUT2D eigenvalue weighted by Gasteiger charge is -2.32. The molecule has 0 spiro atoms. The number of nitrogens with zero attached hydrogens (tertiary/aromatic N) is 4. The second-order valence-electron chi connectivity index (χ2n) is 5.96. The molecule has 1 saturated heterocycles. The molecule has 0 aliphatic carbocycles. The summed E-state index contributed by atoms with van der Waals surface area (Å²) in [4.78, 5) is 13.8. The minimum atomic E-state index is -2.74. The molecule has 0 radical (unpaired) electrons. The van der Waals surface area contributed by atoms with Crippen LogP contribution in [0.15, 0.2) is 27.9 Å². The number of halogens is 3. The summed E-state index contributed by atoms with van der Waals surface area (Å²) in [7, 11) is 1.52. The Balaban J connectivity index is 1.52. The third-order valence-corrected chi connectivity index (χ3v) is 5.32. The van der Waals surface area contributed by atoms with Crippen molar-refractivity contribution in [2.75, 3.05) is 18.4 Å². The number of rotatable bonds is 5. The van der Waals surface area contributed by atoms with Crippen LogP contribution in [0.2, 0.25) is 0 Å². The standard InChI is InChI=1S/C15H18F3N5O2S/c1-22-8-10(12(20-22)13(16)17)26-14(18)9-2-5-23(6-3-9)15(24)19-11-4-7-25-21-11/h4,7-9,13-14H,2-3,5-6H2,1H3,(H,19,21,24). The van der Waals surface area contributed by atoms with E-state index in [2.05, 4.69) is 20.1 Å². The third kappa shape index (κ3) is 4.32. The molecule has 3 rings (SSSR count). The second-order valence-corrected chi connectivity index (χ2v) is 7.09. The fourth-order valence-corrected chi connectivity index (χ4v) is 3.94. The molecule has 1 fully saturated rings. The first-order chi connectivity index (χ1) is 12.4. The predicted octanol–water partition coefficient (Wildman–Crippen LogP) is 3.68. The van der Waals surface area contributed by atoms with Crippen molar-refractivity contribution >= 4 is 23.6 Å². The Morgan fingerprint density at radius 1 is 1.38 bits per heavy atom. The van der Waals surface area contributed by atoms with Crippen molar-refractivity contribution < 1.29 is 22.5 Å². The zero-order chi connectivity index (χ0) is 18.7. The summed E-state index contributed by atoms with van der Waals surface area (Å²) in [6.45, 7) is 0.758. The number of carbonyl (C=O) groups is 1. The van der Waals surface area contributed by atoms with Crippen LogP contribution in [0.4, 0.5) is 23.8 Å². The van der Waals surface area contributed by atoms with E-state index < -0.39 is 17.6 Å². The van der Waals surface area contributed by atoms with Crippen molar-refractivity contribution in [2.24, 2.45) is 13.0 Å². The number of urea groups is 1. The summed E-state index contributed by atoms with van der Waals surface area (Å²) in [5, 5.41) is 9.87. The van der Waals surface area contributed by atoms with Gasteiger partial charge in [-0.2, -0.15) is 5.10 Å². The van der Waals surface area contributed by atoms with Gasteiger partial charge in [-0.15, -0.1) is 0 Å². The van der Waals surface area contributed by atoms with Gasteiger partial charge in [0.1, 0.15) is 12.0 Å². The van der Waals surface area contributed by atoms with E-state index in [0.29, 0.717) is 31.7 Å². The Hall–Kier alpha value is -2.17. The highest BCUT2D eigenvalue weighted by Crippen LogP contribution is 2.38. The van der Waals surface area contributed by atoms with Crippen molar-refractivity contribution in [3.63, 3.8) is 0 Å². The Morgan fingerprint density at radius 3 is 2.73 bits per heavy atom. The number of hydrogen-bond donors (Lipinski definition) is 1. The van der Waals surface area contributed by atoms with Gasteiger partial charge in [0.25, 0.3) is 6.43 Å².